The first-order valence-electron chi connectivity index (χ1n) is 3.80. The molecule has 4 heteroatoms. The zero-order valence-electron chi connectivity index (χ0n) is 7.01. The molecule has 13 heavy (non-hydrogen) atoms. The summed E-state index contributed by atoms with van der Waals surface area (Å²) in [5.74, 6) is -0.338. The van der Waals surface area contributed by atoms with E-state index in [0.29, 0.717) is 5.56 Å². The molecule has 0 aliphatic rings. The number of halogens is 2. The molecule has 1 aromatic carbocycles. The van der Waals surface area contributed by atoms with Gasteiger partial charge in [0, 0.05) is 3.57 Å². The fraction of sp³-hybridized carbons (Fsp3) is 0.222. The Balaban J connectivity index is 3.15. The molecule has 0 heterocycles. The van der Waals surface area contributed by atoms with Gasteiger partial charge in [0.1, 0.15) is 0 Å². The summed E-state index contributed by atoms with van der Waals surface area (Å²) in [5.41, 5.74) is 1.64. The summed E-state index contributed by atoms with van der Waals surface area (Å²) in [5, 5.41) is 0. The Morgan fingerprint density at radius 2 is 2.31 bits per heavy atom. The van der Waals surface area contributed by atoms with Gasteiger partial charge in [-0.1, -0.05) is 13.0 Å². The highest BCUT2D eigenvalue weighted by Gasteiger charge is 2.11. The van der Waals surface area contributed by atoms with Crippen LogP contribution in [0.4, 0.5) is 0 Å². The van der Waals surface area contributed by atoms with Crippen molar-refractivity contribution < 1.29 is 8.62 Å². The van der Waals surface area contributed by atoms with Crippen molar-refractivity contribution in [3.63, 3.8) is 0 Å². The molecule has 0 bridgehead atoms. The molecular formula is C9H8BrIO2. The van der Waals surface area contributed by atoms with Crippen molar-refractivity contribution in [2.45, 2.75) is 13.3 Å². The van der Waals surface area contributed by atoms with E-state index in [2.05, 4.69) is 42.7 Å². The van der Waals surface area contributed by atoms with Crippen LogP contribution in [0.5, 0.6) is 0 Å². The highest BCUT2D eigenvalue weighted by molar-refractivity contribution is 14.1. The minimum absolute atomic E-state index is 0.338. The second-order valence-corrected chi connectivity index (χ2v) is 4.09. The molecule has 0 unspecified atom stereocenters. The molecule has 0 N–H and O–H groups in total. The van der Waals surface area contributed by atoms with Crippen molar-refractivity contribution >= 4 is 44.8 Å². The van der Waals surface area contributed by atoms with Crippen LogP contribution in [0.15, 0.2) is 18.2 Å². The summed E-state index contributed by atoms with van der Waals surface area (Å²) in [6.07, 6.45) is 0.828. The van der Waals surface area contributed by atoms with E-state index in [1.165, 1.54) is 0 Å². The predicted octanol–water partition coefficient (Wildman–Crippen LogP) is 3.32. The fourth-order valence-electron chi connectivity index (χ4n) is 1.09. The normalized spacial score (nSPS) is 9.77. The average Bonchev–Trinajstić information content (AvgIpc) is 2.16. The highest BCUT2D eigenvalue weighted by atomic mass is 127. The summed E-state index contributed by atoms with van der Waals surface area (Å²) < 4.78 is 5.53. The number of benzene rings is 1. The van der Waals surface area contributed by atoms with E-state index in [4.69, 9.17) is 0 Å². The summed E-state index contributed by atoms with van der Waals surface area (Å²) in [4.78, 5) is 11.3. The lowest BCUT2D eigenvalue weighted by atomic mass is 10.1. The van der Waals surface area contributed by atoms with Crippen molar-refractivity contribution in [3.8, 4) is 0 Å². The summed E-state index contributed by atoms with van der Waals surface area (Å²) in [6, 6.07) is 5.74. The monoisotopic (exact) mass is 354 g/mol. The van der Waals surface area contributed by atoms with Crippen molar-refractivity contribution in [1.82, 2.24) is 0 Å². The third-order valence-electron chi connectivity index (χ3n) is 1.74. The van der Waals surface area contributed by atoms with Gasteiger partial charge in [-0.05, 0) is 46.7 Å². The maximum atomic E-state index is 11.3. The summed E-state index contributed by atoms with van der Waals surface area (Å²) in [7, 11) is 0. The molecule has 0 radical (unpaired) electrons. The fourth-order valence-corrected chi connectivity index (χ4v) is 1.75. The van der Waals surface area contributed by atoms with Crippen LogP contribution < -0.4 is 0 Å². The summed E-state index contributed by atoms with van der Waals surface area (Å²) >= 11 is 4.85. The van der Waals surface area contributed by atoms with E-state index in [1.54, 1.807) is 0 Å². The van der Waals surface area contributed by atoms with Crippen LogP contribution in [0.25, 0.3) is 0 Å². The molecule has 1 rings (SSSR count). The molecule has 0 saturated carbocycles. The molecule has 2 nitrogen and oxygen atoms in total. The summed E-state index contributed by atoms with van der Waals surface area (Å²) in [6.45, 7) is 2.01. The van der Waals surface area contributed by atoms with Crippen LogP contribution in [0.1, 0.15) is 22.8 Å². The quantitative estimate of drug-likeness (QED) is 0.761. The first-order chi connectivity index (χ1) is 6.19. The lowest BCUT2D eigenvalue weighted by Gasteiger charge is -2.04. The number of carbonyl (C=O) groups excluding carboxylic acids is 1. The van der Waals surface area contributed by atoms with Crippen LogP contribution >= 0.6 is 38.8 Å². The van der Waals surface area contributed by atoms with Crippen LogP contribution in [0, 0.1) is 3.57 Å². The molecule has 0 aromatic heterocycles. The van der Waals surface area contributed by atoms with E-state index in [1.807, 2.05) is 25.1 Å². The zero-order chi connectivity index (χ0) is 9.84. The van der Waals surface area contributed by atoms with Crippen molar-refractivity contribution in [2.24, 2.45) is 0 Å². The second kappa shape index (κ2) is 4.95. The van der Waals surface area contributed by atoms with Crippen LogP contribution in [-0.4, -0.2) is 5.97 Å². The van der Waals surface area contributed by atoms with Crippen LogP contribution in [-0.2, 0) is 10.2 Å². The lowest BCUT2D eigenvalue weighted by molar-refractivity contribution is 0.0781. The van der Waals surface area contributed by atoms with Gasteiger partial charge in [-0.3, -0.25) is 0 Å². The molecule has 0 saturated heterocycles. The first-order valence-corrected chi connectivity index (χ1v) is 5.53. The third-order valence-corrected chi connectivity index (χ3v) is 2.71. The van der Waals surface area contributed by atoms with Gasteiger partial charge in [-0.2, -0.15) is 0 Å². The Bertz CT molecular complexity index is 325. The standard InChI is InChI=1S/C9H8BrIO2/c1-2-6-3-4-7(11)5-8(6)9(12)13-10/h3-5H,2H2,1H3. The Labute approximate surface area is 99.3 Å². The average molecular weight is 355 g/mol. The molecule has 1 aromatic rings. The highest BCUT2D eigenvalue weighted by Crippen LogP contribution is 2.16. The van der Waals surface area contributed by atoms with Gasteiger partial charge in [0.15, 0.2) is 16.3 Å². The third kappa shape index (κ3) is 2.67. The molecule has 70 valence electrons. The van der Waals surface area contributed by atoms with Crippen LogP contribution in [0.3, 0.4) is 0 Å². The van der Waals surface area contributed by atoms with Gasteiger partial charge in [0.25, 0.3) is 0 Å². The van der Waals surface area contributed by atoms with E-state index < -0.39 is 0 Å². The van der Waals surface area contributed by atoms with Gasteiger partial charge >= 0.3 is 5.97 Å². The van der Waals surface area contributed by atoms with Gasteiger partial charge in [-0.15, -0.1) is 0 Å². The minimum Gasteiger partial charge on any atom is -0.380 e. The van der Waals surface area contributed by atoms with Crippen LogP contribution in [0.2, 0.25) is 0 Å². The van der Waals surface area contributed by atoms with E-state index in [-0.39, 0.29) is 5.97 Å². The molecule has 0 aliphatic heterocycles. The van der Waals surface area contributed by atoms with Gasteiger partial charge in [0.2, 0.25) is 0 Å². The van der Waals surface area contributed by atoms with Gasteiger partial charge < -0.3 is 3.83 Å². The molecule has 0 amide bonds. The maximum absolute atomic E-state index is 11.3. The Morgan fingerprint density at radius 3 is 2.85 bits per heavy atom. The van der Waals surface area contributed by atoms with Crippen molar-refractivity contribution in [1.29, 1.82) is 0 Å². The number of hydrogen-bond acceptors (Lipinski definition) is 2. The number of hydrogen-bond donors (Lipinski definition) is 0. The van der Waals surface area contributed by atoms with E-state index in [0.717, 1.165) is 15.6 Å². The largest absolute Gasteiger partial charge is 0.380 e. The van der Waals surface area contributed by atoms with Crippen molar-refractivity contribution in [2.75, 3.05) is 0 Å². The number of carbonyl (C=O) groups is 1. The lowest BCUT2D eigenvalue weighted by Crippen LogP contribution is -2.03. The van der Waals surface area contributed by atoms with Gasteiger partial charge in [0.05, 0.1) is 5.56 Å². The van der Waals surface area contributed by atoms with Crippen molar-refractivity contribution in [3.05, 3.63) is 32.9 Å². The molecular weight excluding hydrogens is 347 g/mol. The smallest absolute Gasteiger partial charge is 0.349 e. The molecule has 0 atom stereocenters. The molecule has 0 spiro atoms. The SMILES string of the molecule is CCc1ccc(I)cc1C(=O)OBr. The first kappa shape index (κ1) is 11.0. The van der Waals surface area contributed by atoms with E-state index in [9.17, 15) is 4.79 Å². The van der Waals surface area contributed by atoms with E-state index >= 15 is 0 Å². The molecule has 0 fully saturated rings. The zero-order valence-corrected chi connectivity index (χ0v) is 10.8. The number of rotatable bonds is 2. The Hall–Kier alpha value is -0.100. The Morgan fingerprint density at radius 1 is 1.62 bits per heavy atom. The maximum Gasteiger partial charge on any atom is 0.349 e. The minimum atomic E-state index is -0.338. The number of aryl methyl sites for hydroxylation is 1. The topological polar surface area (TPSA) is 26.3 Å². The predicted molar refractivity (Wildman–Crippen MR) is 62.9 cm³/mol. The second-order valence-electron chi connectivity index (χ2n) is 2.52. The van der Waals surface area contributed by atoms with Gasteiger partial charge in [-0.25, -0.2) is 4.79 Å². The molecule has 0 aliphatic carbocycles. The Kier molecular flexibility index (Phi) is 4.18.